The summed E-state index contributed by atoms with van der Waals surface area (Å²) in [5.41, 5.74) is 3.74. The molecule has 24 heavy (non-hydrogen) atoms. The number of anilines is 2. The van der Waals surface area contributed by atoms with Gasteiger partial charge < -0.3 is 9.80 Å². The third-order valence-corrected chi connectivity index (χ3v) is 5.12. The second-order valence-corrected chi connectivity index (χ2v) is 7.34. The Kier molecular flexibility index (Phi) is 3.91. The monoisotopic (exact) mass is 322 g/mol. The van der Waals surface area contributed by atoms with Gasteiger partial charge in [0.05, 0.1) is 6.04 Å². The summed E-state index contributed by atoms with van der Waals surface area (Å²) in [6.45, 7) is 3.17. The predicted molar refractivity (Wildman–Crippen MR) is 98.8 cm³/mol. The highest BCUT2D eigenvalue weighted by atomic mass is 15.2. The van der Waals surface area contributed by atoms with E-state index in [1.807, 2.05) is 0 Å². The van der Waals surface area contributed by atoms with Crippen molar-refractivity contribution in [3.8, 4) is 0 Å². The molecule has 0 N–H and O–H groups in total. The van der Waals surface area contributed by atoms with E-state index in [0.29, 0.717) is 12.0 Å². The molecule has 4 rings (SSSR count). The van der Waals surface area contributed by atoms with Gasteiger partial charge in [-0.05, 0) is 50.3 Å². The molecule has 2 aliphatic rings. The van der Waals surface area contributed by atoms with Crippen molar-refractivity contribution in [1.82, 2.24) is 9.97 Å². The largest absolute Gasteiger partial charge is 0.378 e. The van der Waals surface area contributed by atoms with Crippen LogP contribution in [0.2, 0.25) is 0 Å². The highest BCUT2D eigenvalue weighted by Gasteiger charge is 2.31. The zero-order valence-electron chi connectivity index (χ0n) is 14.9. The minimum absolute atomic E-state index is 0.422. The van der Waals surface area contributed by atoms with Gasteiger partial charge in [-0.15, -0.1) is 0 Å². The molecule has 0 radical (unpaired) electrons. The van der Waals surface area contributed by atoms with Crippen molar-refractivity contribution in [1.29, 1.82) is 0 Å². The van der Waals surface area contributed by atoms with Crippen LogP contribution in [0.25, 0.3) is 0 Å². The molecule has 1 aromatic heterocycles. The fourth-order valence-electron chi connectivity index (χ4n) is 3.64. The van der Waals surface area contributed by atoms with Crippen LogP contribution in [0.5, 0.6) is 0 Å². The summed E-state index contributed by atoms with van der Waals surface area (Å²) in [7, 11) is 4.20. The van der Waals surface area contributed by atoms with Crippen molar-refractivity contribution in [2.24, 2.45) is 0 Å². The highest BCUT2D eigenvalue weighted by Crippen LogP contribution is 2.41. The minimum Gasteiger partial charge on any atom is -0.378 e. The van der Waals surface area contributed by atoms with Gasteiger partial charge in [-0.1, -0.05) is 12.1 Å². The van der Waals surface area contributed by atoms with Gasteiger partial charge in [-0.25, -0.2) is 9.97 Å². The van der Waals surface area contributed by atoms with Crippen molar-refractivity contribution >= 4 is 11.5 Å². The van der Waals surface area contributed by atoms with Gasteiger partial charge in [0.25, 0.3) is 0 Å². The van der Waals surface area contributed by atoms with E-state index in [0.717, 1.165) is 23.9 Å². The third-order valence-electron chi connectivity index (χ3n) is 5.12. The molecule has 1 saturated heterocycles. The fourth-order valence-corrected chi connectivity index (χ4v) is 3.64. The van der Waals surface area contributed by atoms with Crippen LogP contribution in [0.4, 0.5) is 11.5 Å². The molecule has 1 aromatic carbocycles. The second kappa shape index (κ2) is 6.08. The Morgan fingerprint density at radius 1 is 1.08 bits per heavy atom. The van der Waals surface area contributed by atoms with Gasteiger partial charge in [0.1, 0.15) is 11.6 Å². The molecule has 0 bridgehead atoms. The number of benzene rings is 1. The maximum Gasteiger partial charge on any atom is 0.134 e. The Labute approximate surface area is 144 Å². The molecule has 2 heterocycles. The Morgan fingerprint density at radius 3 is 2.67 bits per heavy atom. The van der Waals surface area contributed by atoms with Crippen LogP contribution < -0.4 is 9.80 Å². The summed E-state index contributed by atoms with van der Waals surface area (Å²) in [6, 6.07) is 11.5. The van der Waals surface area contributed by atoms with Gasteiger partial charge in [0.2, 0.25) is 0 Å². The van der Waals surface area contributed by atoms with Crippen molar-refractivity contribution in [3.63, 3.8) is 0 Å². The van der Waals surface area contributed by atoms with Crippen molar-refractivity contribution in [2.45, 2.75) is 44.6 Å². The molecule has 0 unspecified atom stereocenters. The number of nitrogens with zero attached hydrogens (tertiary/aromatic N) is 4. The van der Waals surface area contributed by atoms with Crippen LogP contribution in [0.15, 0.2) is 30.3 Å². The molecule has 1 aliphatic heterocycles. The van der Waals surface area contributed by atoms with E-state index >= 15 is 0 Å². The molecule has 2 aromatic rings. The Balaban J connectivity index is 1.67. The predicted octanol–water partition coefficient (Wildman–Crippen LogP) is 4.07. The zero-order chi connectivity index (χ0) is 16.7. The molecule has 0 spiro atoms. The standard InChI is InChI=1S/C20H26N4/c1-14-12-19(22-20(21-14)15-9-10-15)24-11-5-8-18(24)16-6-4-7-17(13-16)23(2)3/h4,6-7,12-13,15,18H,5,8-11H2,1-3H3/t18-/m0/s1. The zero-order valence-corrected chi connectivity index (χ0v) is 14.9. The normalized spacial score (nSPS) is 20.5. The lowest BCUT2D eigenvalue weighted by Gasteiger charge is -2.27. The molecule has 1 aliphatic carbocycles. The van der Waals surface area contributed by atoms with E-state index in [2.05, 4.69) is 66.1 Å². The Morgan fingerprint density at radius 2 is 1.92 bits per heavy atom. The van der Waals surface area contributed by atoms with Crippen LogP contribution in [0.1, 0.15) is 54.7 Å². The van der Waals surface area contributed by atoms with Gasteiger partial charge in [0.15, 0.2) is 0 Å². The van der Waals surface area contributed by atoms with Gasteiger partial charge >= 0.3 is 0 Å². The Hall–Kier alpha value is -2.10. The van der Waals surface area contributed by atoms with Crippen LogP contribution in [0, 0.1) is 6.92 Å². The van der Waals surface area contributed by atoms with E-state index in [1.165, 1.54) is 36.9 Å². The van der Waals surface area contributed by atoms with Gasteiger partial charge in [-0.2, -0.15) is 0 Å². The van der Waals surface area contributed by atoms with Crippen LogP contribution in [-0.2, 0) is 0 Å². The maximum atomic E-state index is 4.92. The summed E-state index contributed by atoms with van der Waals surface area (Å²) in [6.07, 6.45) is 4.91. The lowest BCUT2D eigenvalue weighted by atomic mass is 10.0. The van der Waals surface area contributed by atoms with E-state index in [1.54, 1.807) is 0 Å². The van der Waals surface area contributed by atoms with Crippen LogP contribution in [0.3, 0.4) is 0 Å². The van der Waals surface area contributed by atoms with Gasteiger partial charge in [-0.3, -0.25) is 0 Å². The van der Waals surface area contributed by atoms with E-state index in [-0.39, 0.29) is 0 Å². The lowest BCUT2D eigenvalue weighted by molar-refractivity contribution is 0.705. The number of rotatable bonds is 4. The average Bonchev–Trinajstić information content (AvgIpc) is 3.31. The maximum absolute atomic E-state index is 4.92. The van der Waals surface area contributed by atoms with Crippen molar-refractivity contribution in [2.75, 3.05) is 30.4 Å². The van der Waals surface area contributed by atoms with Crippen LogP contribution in [-0.4, -0.2) is 30.6 Å². The van der Waals surface area contributed by atoms with E-state index in [9.17, 15) is 0 Å². The fraction of sp³-hybridized carbons (Fsp3) is 0.500. The first kappa shape index (κ1) is 15.4. The highest BCUT2D eigenvalue weighted by molar-refractivity contribution is 5.51. The van der Waals surface area contributed by atoms with Crippen molar-refractivity contribution in [3.05, 3.63) is 47.4 Å². The summed E-state index contributed by atoms with van der Waals surface area (Å²) in [4.78, 5) is 14.2. The number of hydrogen-bond acceptors (Lipinski definition) is 4. The first-order valence-corrected chi connectivity index (χ1v) is 9.01. The molecule has 0 amide bonds. The number of hydrogen-bond donors (Lipinski definition) is 0. The summed E-state index contributed by atoms with van der Waals surface area (Å²) in [5.74, 6) is 2.77. The first-order valence-electron chi connectivity index (χ1n) is 9.01. The average molecular weight is 322 g/mol. The quantitative estimate of drug-likeness (QED) is 0.849. The molecule has 1 saturated carbocycles. The molecule has 4 heteroatoms. The first-order chi connectivity index (χ1) is 11.6. The van der Waals surface area contributed by atoms with E-state index in [4.69, 9.17) is 4.98 Å². The third kappa shape index (κ3) is 2.97. The lowest BCUT2D eigenvalue weighted by Crippen LogP contribution is -2.24. The van der Waals surface area contributed by atoms with Gasteiger partial charge in [0, 0.05) is 44.0 Å². The minimum atomic E-state index is 0.422. The molecular formula is C20H26N4. The SMILES string of the molecule is Cc1cc(N2CCC[C@H]2c2cccc(N(C)C)c2)nc(C2CC2)n1. The second-order valence-electron chi connectivity index (χ2n) is 7.34. The Bertz CT molecular complexity index is 736. The molecular weight excluding hydrogens is 296 g/mol. The summed E-state index contributed by atoms with van der Waals surface area (Å²) >= 11 is 0. The molecule has 4 nitrogen and oxygen atoms in total. The molecule has 126 valence electrons. The molecule has 1 atom stereocenters. The molecule has 2 fully saturated rings. The summed E-state index contributed by atoms with van der Waals surface area (Å²) in [5, 5.41) is 0. The summed E-state index contributed by atoms with van der Waals surface area (Å²) < 4.78 is 0. The number of aryl methyl sites for hydroxylation is 1. The van der Waals surface area contributed by atoms with Crippen LogP contribution >= 0.6 is 0 Å². The van der Waals surface area contributed by atoms with Crippen molar-refractivity contribution < 1.29 is 0 Å². The number of aromatic nitrogens is 2. The topological polar surface area (TPSA) is 32.3 Å². The smallest absolute Gasteiger partial charge is 0.134 e. The van der Waals surface area contributed by atoms with E-state index < -0.39 is 0 Å².